The molecule has 0 fully saturated rings. The number of benzene rings is 2. The molecule has 0 aliphatic heterocycles. The molecule has 3 heteroatoms. The highest BCUT2D eigenvalue weighted by atomic mass is 19.1. The predicted molar refractivity (Wildman–Crippen MR) is 69.2 cm³/mol. The zero-order valence-electron chi connectivity index (χ0n) is 10.2. The Morgan fingerprint density at radius 3 is 2.44 bits per heavy atom. The lowest BCUT2D eigenvalue weighted by Crippen LogP contribution is -1.92. The highest BCUT2D eigenvalue weighted by Crippen LogP contribution is 2.30. The van der Waals surface area contributed by atoms with E-state index >= 15 is 0 Å². The van der Waals surface area contributed by atoms with Crippen molar-refractivity contribution >= 4 is 0 Å². The summed E-state index contributed by atoms with van der Waals surface area (Å²) in [5, 5.41) is 8.86. The first kappa shape index (κ1) is 12.6. The summed E-state index contributed by atoms with van der Waals surface area (Å²) < 4.78 is 18.5. The van der Waals surface area contributed by atoms with Gasteiger partial charge in [-0.3, -0.25) is 0 Å². The average molecular weight is 246 g/mol. The van der Waals surface area contributed by atoms with Crippen molar-refractivity contribution < 1.29 is 14.2 Å². The van der Waals surface area contributed by atoms with Crippen molar-refractivity contribution in [3.63, 3.8) is 0 Å². The van der Waals surface area contributed by atoms with E-state index in [-0.39, 0.29) is 12.4 Å². The third-order valence-electron chi connectivity index (χ3n) is 2.83. The van der Waals surface area contributed by atoms with E-state index < -0.39 is 0 Å². The van der Waals surface area contributed by atoms with Gasteiger partial charge in [0.1, 0.15) is 11.6 Å². The molecule has 0 aromatic heterocycles. The van der Waals surface area contributed by atoms with E-state index in [1.807, 2.05) is 24.3 Å². The number of aliphatic hydroxyl groups excluding tert-OH is 1. The van der Waals surface area contributed by atoms with Gasteiger partial charge in [0.25, 0.3) is 0 Å². The maximum atomic E-state index is 13.3. The van der Waals surface area contributed by atoms with E-state index in [0.29, 0.717) is 12.2 Å². The van der Waals surface area contributed by atoms with Gasteiger partial charge in [-0.2, -0.15) is 0 Å². The minimum Gasteiger partial charge on any atom is -0.496 e. The van der Waals surface area contributed by atoms with E-state index in [1.165, 1.54) is 12.1 Å². The molecule has 0 amide bonds. The van der Waals surface area contributed by atoms with Gasteiger partial charge in [0.2, 0.25) is 0 Å². The molecule has 2 rings (SSSR count). The van der Waals surface area contributed by atoms with Crippen molar-refractivity contribution in [1.82, 2.24) is 0 Å². The van der Waals surface area contributed by atoms with Gasteiger partial charge < -0.3 is 9.84 Å². The van der Waals surface area contributed by atoms with Crippen LogP contribution in [-0.4, -0.2) is 18.8 Å². The van der Waals surface area contributed by atoms with Crippen LogP contribution in [0.3, 0.4) is 0 Å². The third-order valence-corrected chi connectivity index (χ3v) is 2.83. The van der Waals surface area contributed by atoms with Gasteiger partial charge in [-0.1, -0.05) is 24.3 Å². The number of hydrogen-bond acceptors (Lipinski definition) is 2. The first-order valence-corrected chi connectivity index (χ1v) is 5.78. The van der Waals surface area contributed by atoms with Crippen LogP contribution in [0, 0.1) is 5.82 Å². The topological polar surface area (TPSA) is 29.5 Å². The Morgan fingerprint density at radius 1 is 1.11 bits per heavy atom. The molecule has 0 aliphatic carbocycles. The Morgan fingerprint density at radius 2 is 1.83 bits per heavy atom. The second-order valence-corrected chi connectivity index (χ2v) is 4.02. The molecule has 1 N–H and O–H groups in total. The van der Waals surface area contributed by atoms with Gasteiger partial charge in [-0.05, 0) is 35.7 Å². The first-order chi connectivity index (χ1) is 8.74. The molecule has 0 atom stereocenters. The Bertz CT molecular complexity index is 521. The number of methoxy groups -OCH3 is 1. The quantitative estimate of drug-likeness (QED) is 0.898. The van der Waals surface area contributed by atoms with Gasteiger partial charge in [0.15, 0.2) is 0 Å². The lowest BCUT2D eigenvalue weighted by molar-refractivity contribution is 0.299. The molecule has 0 radical (unpaired) electrons. The van der Waals surface area contributed by atoms with Crippen molar-refractivity contribution in [2.45, 2.75) is 6.42 Å². The van der Waals surface area contributed by atoms with Gasteiger partial charge in [0.05, 0.1) is 7.11 Å². The Balaban J connectivity index is 2.38. The largest absolute Gasteiger partial charge is 0.496 e. The van der Waals surface area contributed by atoms with Crippen LogP contribution in [0.1, 0.15) is 5.56 Å². The summed E-state index contributed by atoms with van der Waals surface area (Å²) in [6.45, 7) is 0.128. The second-order valence-electron chi connectivity index (χ2n) is 4.02. The third kappa shape index (κ3) is 2.68. The molecule has 0 aliphatic rings. The summed E-state index contributed by atoms with van der Waals surface area (Å²) in [7, 11) is 1.57. The Labute approximate surface area is 106 Å². The van der Waals surface area contributed by atoms with Crippen molar-refractivity contribution in [1.29, 1.82) is 0 Å². The van der Waals surface area contributed by atoms with E-state index in [2.05, 4.69) is 0 Å². The highest BCUT2D eigenvalue weighted by Gasteiger charge is 2.07. The van der Waals surface area contributed by atoms with Crippen LogP contribution < -0.4 is 4.74 Å². The van der Waals surface area contributed by atoms with E-state index in [4.69, 9.17) is 9.84 Å². The van der Waals surface area contributed by atoms with Gasteiger partial charge >= 0.3 is 0 Å². The van der Waals surface area contributed by atoms with Crippen molar-refractivity contribution in [3.8, 4) is 16.9 Å². The molecular formula is C15H15FO2. The zero-order valence-corrected chi connectivity index (χ0v) is 10.2. The molecule has 2 aromatic rings. The molecule has 94 valence electrons. The monoisotopic (exact) mass is 246 g/mol. The molecular weight excluding hydrogens is 231 g/mol. The van der Waals surface area contributed by atoms with Crippen LogP contribution in [0.25, 0.3) is 11.1 Å². The number of hydrogen-bond donors (Lipinski definition) is 1. The van der Waals surface area contributed by atoms with Crippen LogP contribution in [-0.2, 0) is 6.42 Å². The number of aliphatic hydroxyl groups is 1. The standard InChI is InChI=1S/C15H15FO2/c1-18-15-7-6-13(16)10-14(15)12-4-2-11(3-5-12)8-9-17/h2-7,10,17H,8-9H2,1H3. The molecule has 18 heavy (non-hydrogen) atoms. The van der Waals surface area contributed by atoms with E-state index in [0.717, 1.165) is 16.7 Å². The van der Waals surface area contributed by atoms with E-state index in [1.54, 1.807) is 13.2 Å². The SMILES string of the molecule is COc1ccc(F)cc1-c1ccc(CCO)cc1. The Hall–Kier alpha value is -1.87. The molecule has 0 heterocycles. The number of ether oxygens (including phenoxy) is 1. The summed E-state index contributed by atoms with van der Waals surface area (Å²) in [6, 6.07) is 12.1. The molecule has 2 aromatic carbocycles. The molecule has 0 bridgehead atoms. The maximum absolute atomic E-state index is 13.3. The van der Waals surface area contributed by atoms with Crippen LogP contribution in [0.15, 0.2) is 42.5 Å². The average Bonchev–Trinajstić information content (AvgIpc) is 2.40. The summed E-state index contributed by atoms with van der Waals surface area (Å²) in [4.78, 5) is 0. The summed E-state index contributed by atoms with van der Waals surface area (Å²) in [5.41, 5.74) is 2.68. The fourth-order valence-corrected chi connectivity index (χ4v) is 1.89. The van der Waals surface area contributed by atoms with Crippen LogP contribution in [0.2, 0.25) is 0 Å². The zero-order chi connectivity index (χ0) is 13.0. The first-order valence-electron chi connectivity index (χ1n) is 5.78. The molecule has 2 nitrogen and oxygen atoms in total. The van der Waals surface area contributed by atoms with Crippen molar-refractivity contribution in [2.24, 2.45) is 0 Å². The Kier molecular flexibility index (Phi) is 3.95. The van der Waals surface area contributed by atoms with Crippen LogP contribution in [0.5, 0.6) is 5.75 Å². The number of halogens is 1. The second kappa shape index (κ2) is 5.65. The minimum absolute atomic E-state index is 0.128. The minimum atomic E-state index is -0.287. The van der Waals surface area contributed by atoms with Crippen molar-refractivity contribution in [3.05, 3.63) is 53.8 Å². The van der Waals surface area contributed by atoms with Crippen molar-refractivity contribution in [2.75, 3.05) is 13.7 Å². The van der Waals surface area contributed by atoms with Crippen LogP contribution in [0.4, 0.5) is 4.39 Å². The molecule has 0 unspecified atom stereocenters. The fourth-order valence-electron chi connectivity index (χ4n) is 1.89. The molecule has 0 saturated heterocycles. The molecule has 0 spiro atoms. The van der Waals surface area contributed by atoms with Gasteiger partial charge in [-0.15, -0.1) is 0 Å². The summed E-state index contributed by atoms with van der Waals surface area (Å²) in [5.74, 6) is 0.358. The number of rotatable bonds is 4. The smallest absolute Gasteiger partial charge is 0.126 e. The lowest BCUT2D eigenvalue weighted by Gasteiger charge is -2.09. The molecule has 0 saturated carbocycles. The van der Waals surface area contributed by atoms with E-state index in [9.17, 15) is 4.39 Å². The lowest BCUT2D eigenvalue weighted by atomic mass is 10.0. The van der Waals surface area contributed by atoms with Gasteiger partial charge in [0, 0.05) is 12.2 Å². The van der Waals surface area contributed by atoms with Crippen LogP contribution >= 0.6 is 0 Å². The fraction of sp³-hybridized carbons (Fsp3) is 0.200. The highest BCUT2D eigenvalue weighted by molar-refractivity contribution is 5.70. The maximum Gasteiger partial charge on any atom is 0.126 e. The summed E-state index contributed by atoms with van der Waals surface area (Å²) in [6.07, 6.45) is 0.626. The van der Waals surface area contributed by atoms with Gasteiger partial charge in [-0.25, -0.2) is 4.39 Å². The summed E-state index contributed by atoms with van der Waals surface area (Å²) >= 11 is 0. The normalized spacial score (nSPS) is 10.4. The predicted octanol–water partition coefficient (Wildman–Crippen LogP) is 3.04.